The number of rotatable bonds is 4. The van der Waals surface area contributed by atoms with Gasteiger partial charge < -0.3 is 21.3 Å². The lowest BCUT2D eigenvalue weighted by atomic mass is 9.90. The number of hydrogen-bond donors (Lipinski definition) is 4. The summed E-state index contributed by atoms with van der Waals surface area (Å²) >= 11 is 0. The van der Waals surface area contributed by atoms with Crippen LogP contribution in [-0.4, -0.2) is 39.6 Å². The Labute approximate surface area is 145 Å². The minimum atomic E-state index is -4.74. The summed E-state index contributed by atoms with van der Waals surface area (Å²) in [6, 6.07) is 3.23. The van der Waals surface area contributed by atoms with E-state index in [1.165, 1.54) is 6.07 Å². The number of nitrogens with one attached hydrogen (secondary N) is 1. The monoisotopic (exact) mass is 372 g/mol. The number of carbonyl (C=O) groups excluding carboxylic acids is 1. The van der Waals surface area contributed by atoms with Crippen LogP contribution in [0.2, 0.25) is 0 Å². The summed E-state index contributed by atoms with van der Waals surface area (Å²) in [7, 11) is 0. The SMILES string of the molecule is N[C@@]1(C(=O)O)C[C@H](NC(=O)c2ccccc2C(F)(F)F)[C@H]2[C@H](C(=O)O)[C@H]21. The Balaban J connectivity index is 1.85. The molecule has 0 heterocycles. The van der Waals surface area contributed by atoms with Gasteiger partial charge in [0.05, 0.1) is 17.0 Å². The zero-order valence-electron chi connectivity index (χ0n) is 13.2. The van der Waals surface area contributed by atoms with Crippen LogP contribution >= 0.6 is 0 Å². The maximum atomic E-state index is 13.0. The van der Waals surface area contributed by atoms with E-state index in [1.807, 2.05) is 0 Å². The summed E-state index contributed by atoms with van der Waals surface area (Å²) < 4.78 is 39.1. The van der Waals surface area contributed by atoms with Gasteiger partial charge in [0, 0.05) is 12.0 Å². The molecule has 5 atom stereocenters. The van der Waals surface area contributed by atoms with Crippen molar-refractivity contribution in [2.45, 2.75) is 24.2 Å². The highest BCUT2D eigenvalue weighted by atomic mass is 19.4. The Morgan fingerprint density at radius 1 is 1.19 bits per heavy atom. The molecule has 1 aromatic carbocycles. The van der Waals surface area contributed by atoms with E-state index in [0.29, 0.717) is 0 Å². The average Bonchev–Trinajstić information content (AvgIpc) is 3.23. The molecule has 10 heteroatoms. The fraction of sp³-hybridized carbons (Fsp3) is 0.438. The smallest absolute Gasteiger partial charge is 0.417 e. The van der Waals surface area contributed by atoms with Gasteiger partial charge in [0.2, 0.25) is 0 Å². The van der Waals surface area contributed by atoms with Crippen molar-refractivity contribution in [1.82, 2.24) is 5.32 Å². The summed E-state index contributed by atoms with van der Waals surface area (Å²) in [4.78, 5) is 35.0. The second-order valence-corrected chi connectivity index (χ2v) is 6.64. The number of alkyl halides is 3. The molecule has 0 saturated heterocycles. The highest BCUT2D eigenvalue weighted by molar-refractivity contribution is 5.96. The number of carbonyl (C=O) groups is 3. The number of amides is 1. The van der Waals surface area contributed by atoms with Crippen molar-refractivity contribution in [2.24, 2.45) is 23.5 Å². The Kier molecular flexibility index (Phi) is 3.98. The van der Waals surface area contributed by atoms with E-state index < -0.39 is 64.5 Å². The maximum absolute atomic E-state index is 13.0. The molecule has 2 fully saturated rings. The number of benzene rings is 1. The fourth-order valence-electron chi connectivity index (χ4n) is 4.00. The quantitative estimate of drug-likeness (QED) is 0.622. The molecule has 3 rings (SSSR count). The van der Waals surface area contributed by atoms with Crippen LogP contribution in [0.5, 0.6) is 0 Å². The third kappa shape index (κ3) is 2.70. The van der Waals surface area contributed by atoms with Gasteiger partial charge in [-0.05, 0) is 24.5 Å². The molecule has 1 aromatic rings. The first-order valence-corrected chi connectivity index (χ1v) is 7.70. The van der Waals surface area contributed by atoms with E-state index in [0.717, 1.165) is 18.2 Å². The first-order valence-electron chi connectivity index (χ1n) is 7.70. The number of aliphatic carboxylic acids is 2. The Hall–Kier alpha value is -2.62. The third-order valence-corrected chi connectivity index (χ3v) is 5.17. The van der Waals surface area contributed by atoms with Crippen LogP contribution < -0.4 is 11.1 Å². The van der Waals surface area contributed by atoms with Crippen molar-refractivity contribution in [3.05, 3.63) is 35.4 Å². The predicted molar refractivity (Wildman–Crippen MR) is 80.0 cm³/mol. The second kappa shape index (κ2) is 5.70. The first-order chi connectivity index (χ1) is 12.0. The molecule has 0 unspecified atom stereocenters. The molecular formula is C16H15F3N2O5. The largest absolute Gasteiger partial charge is 0.481 e. The highest BCUT2D eigenvalue weighted by Crippen LogP contribution is 2.61. The number of carboxylic acids is 2. The maximum Gasteiger partial charge on any atom is 0.417 e. The summed E-state index contributed by atoms with van der Waals surface area (Å²) in [5.41, 5.74) is 2.24. The van der Waals surface area contributed by atoms with E-state index in [1.54, 1.807) is 0 Å². The van der Waals surface area contributed by atoms with Gasteiger partial charge in [0.15, 0.2) is 0 Å². The zero-order chi connectivity index (χ0) is 19.4. The molecule has 7 nitrogen and oxygen atoms in total. The molecule has 2 saturated carbocycles. The molecule has 0 aliphatic heterocycles. The van der Waals surface area contributed by atoms with E-state index >= 15 is 0 Å². The number of hydrogen-bond acceptors (Lipinski definition) is 4. The van der Waals surface area contributed by atoms with Gasteiger partial charge in [0.25, 0.3) is 5.91 Å². The Morgan fingerprint density at radius 2 is 1.81 bits per heavy atom. The van der Waals surface area contributed by atoms with Crippen LogP contribution in [0.4, 0.5) is 13.2 Å². The van der Waals surface area contributed by atoms with Gasteiger partial charge in [0.1, 0.15) is 5.54 Å². The van der Waals surface area contributed by atoms with Crippen LogP contribution in [0.15, 0.2) is 24.3 Å². The van der Waals surface area contributed by atoms with Gasteiger partial charge in [-0.2, -0.15) is 13.2 Å². The topological polar surface area (TPSA) is 130 Å². The van der Waals surface area contributed by atoms with Crippen molar-refractivity contribution in [2.75, 3.05) is 0 Å². The molecule has 1 amide bonds. The van der Waals surface area contributed by atoms with Crippen molar-refractivity contribution < 1.29 is 37.8 Å². The molecule has 0 radical (unpaired) electrons. The minimum Gasteiger partial charge on any atom is -0.481 e. The van der Waals surface area contributed by atoms with Crippen molar-refractivity contribution in [1.29, 1.82) is 0 Å². The van der Waals surface area contributed by atoms with E-state index in [9.17, 15) is 37.8 Å². The van der Waals surface area contributed by atoms with Crippen molar-refractivity contribution >= 4 is 17.8 Å². The highest BCUT2D eigenvalue weighted by Gasteiger charge is 2.74. The minimum absolute atomic E-state index is 0.249. The van der Waals surface area contributed by atoms with Gasteiger partial charge in [-0.1, -0.05) is 12.1 Å². The average molecular weight is 372 g/mol. The lowest BCUT2D eigenvalue weighted by molar-refractivity contribution is -0.145. The fourth-order valence-corrected chi connectivity index (χ4v) is 4.00. The van der Waals surface area contributed by atoms with Crippen LogP contribution in [0.25, 0.3) is 0 Å². The number of nitrogens with two attached hydrogens (primary N) is 1. The van der Waals surface area contributed by atoms with Gasteiger partial charge in [-0.15, -0.1) is 0 Å². The molecule has 0 bridgehead atoms. The molecule has 2 aliphatic carbocycles. The third-order valence-electron chi connectivity index (χ3n) is 5.17. The van der Waals surface area contributed by atoms with Crippen LogP contribution in [0, 0.1) is 17.8 Å². The zero-order valence-corrected chi connectivity index (χ0v) is 13.2. The standard InChI is InChI=1S/C16H15F3N2O5/c17-16(18,19)7-4-2-1-3-6(7)12(22)21-8-5-15(20,14(25)26)11-9(8)10(11)13(23)24/h1-4,8-11H,5,20H2,(H,21,22)(H,23,24)(H,25,26)/t8-,9-,10-,11-,15-/m0/s1. The molecule has 0 spiro atoms. The lowest BCUT2D eigenvalue weighted by Crippen LogP contribution is -2.52. The molecule has 0 aromatic heterocycles. The van der Waals surface area contributed by atoms with E-state index in [4.69, 9.17) is 5.73 Å². The summed E-state index contributed by atoms with van der Waals surface area (Å²) in [6.45, 7) is 0. The predicted octanol–water partition coefficient (Wildman–Crippen LogP) is 0.936. The van der Waals surface area contributed by atoms with Gasteiger partial charge >= 0.3 is 18.1 Å². The second-order valence-electron chi connectivity index (χ2n) is 6.64. The molecule has 5 N–H and O–H groups in total. The Bertz CT molecular complexity index is 796. The number of fused-ring (bicyclic) bond motifs is 1. The summed E-state index contributed by atoms with van der Waals surface area (Å²) in [5.74, 6) is -6.34. The lowest BCUT2D eigenvalue weighted by Gasteiger charge is -2.25. The van der Waals surface area contributed by atoms with Gasteiger partial charge in [-0.3, -0.25) is 14.4 Å². The van der Waals surface area contributed by atoms with E-state index in [2.05, 4.69) is 5.32 Å². The van der Waals surface area contributed by atoms with Crippen LogP contribution in [0.3, 0.4) is 0 Å². The molecular weight excluding hydrogens is 357 g/mol. The normalized spacial score (nSPS) is 32.6. The van der Waals surface area contributed by atoms with Crippen LogP contribution in [-0.2, 0) is 15.8 Å². The molecule has 26 heavy (non-hydrogen) atoms. The molecule has 2 aliphatic rings. The van der Waals surface area contributed by atoms with Crippen molar-refractivity contribution in [3.63, 3.8) is 0 Å². The number of carboxylic acid groups (broad SMARTS) is 2. The molecule has 140 valence electrons. The van der Waals surface area contributed by atoms with Crippen molar-refractivity contribution in [3.8, 4) is 0 Å². The number of halogens is 3. The van der Waals surface area contributed by atoms with Crippen LogP contribution in [0.1, 0.15) is 22.3 Å². The summed E-state index contributed by atoms with van der Waals surface area (Å²) in [5, 5.41) is 20.8. The van der Waals surface area contributed by atoms with E-state index in [-0.39, 0.29) is 6.42 Å². The Morgan fingerprint density at radius 3 is 2.35 bits per heavy atom. The first kappa shape index (κ1) is 18.2. The summed E-state index contributed by atoms with van der Waals surface area (Å²) in [6.07, 6.45) is -4.99. The van der Waals surface area contributed by atoms with Gasteiger partial charge in [-0.25, -0.2) is 0 Å².